The Labute approximate surface area is 149 Å². The monoisotopic (exact) mass is 337 g/mol. The Kier molecular flexibility index (Phi) is 5.44. The summed E-state index contributed by atoms with van der Waals surface area (Å²) in [5.41, 5.74) is 2.47. The normalized spacial score (nSPS) is 22.6. The molecule has 1 saturated carbocycles. The van der Waals surface area contributed by atoms with Crippen molar-refractivity contribution in [3.05, 3.63) is 77.1 Å². The summed E-state index contributed by atoms with van der Waals surface area (Å²) >= 11 is 0. The van der Waals surface area contributed by atoms with Crippen LogP contribution in [0, 0.1) is 11.7 Å². The van der Waals surface area contributed by atoms with Gasteiger partial charge < -0.3 is 4.90 Å². The van der Waals surface area contributed by atoms with E-state index in [4.69, 9.17) is 0 Å². The van der Waals surface area contributed by atoms with Gasteiger partial charge in [-0.2, -0.15) is 0 Å². The van der Waals surface area contributed by atoms with Gasteiger partial charge in [-0.25, -0.2) is 4.39 Å². The molecule has 0 bridgehead atoms. The molecule has 0 spiro atoms. The van der Waals surface area contributed by atoms with Crippen LogP contribution in [0.2, 0.25) is 0 Å². The second kappa shape index (κ2) is 7.75. The van der Waals surface area contributed by atoms with Crippen LogP contribution in [0.1, 0.15) is 29.9 Å². The van der Waals surface area contributed by atoms with Crippen LogP contribution in [0.25, 0.3) is 6.08 Å². The smallest absolute Gasteiger partial charge is 0.163 e. The lowest BCUT2D eigenvalue weighted by Gasteiger charge is -2.32. The predicted molar refractivity (Wildman–Crippen MR) is 99.8 cm³/mol. The summed E-state index contributed by atoms with van der Waals surface area (Å²) in [6.07, 6.45) is 3.26. The van der Waals surface area contributed by atoms with Gasteiger partial charge in [0.05, 0.1) is 0 Å². The van der Waals surface area contributed by atoms with Crippen LogP contribution in [-0.2, 0) is 4.79 Å². The highest BCUT2D eigenvalue weighted by Crippen LogP contribution is 2.38. The highest BCUT2D eigenvalue weighted by Gasteiger charge is 2.33. The van der Waals surface area contributed by atoms with Crippen molar-refractivity contribution in [2.75, 3.05) is 20.6 Å². The number of ketones is 1. The minimum Gasteiger partial charge on any atom is -0.309 e. The Morgan fingerprint density at radius 3 is 2.44 bits per heavy atom. The molecule has 2 nitrogen and oxygen atoms in total. The topological polar surface area (TPSA) is 20.3 Å². The van der Waals surface area contributed by atoms with Gasteiger partial charge >= 0.3 is 0 Å². The van der Waals surface area contributed by atoms with Gasteiger partial charge in [0, 0.05) is 18.0 Å². The number of benzene rings is 2. The van der Waals surface area contributed by atoms with Crippen molar-refractivity contribution in [2.24, 2.45) is 5.92 Å². The average Bonchev–Trinajstić information content (AvgIpc) is 2.60. The standard InChI is InChI=1S/C22H24FNO/c1-24(2)15-20-14-18(16-8-4-3-5-9-16)13-19(22(20)25)12-17-10-6-7-11-21(17)23/h3-12,18,20H,13-15H2,1-2H3. The SMILES string of the molecule is CN(C)CC1CC(c2ccccc2)CC(=Cc2ccccc2F)C1=O. The highest BCUT2D eigenvalue weighted by molar-refractivity contribution is 6.02. The molecule has 0 aliphatic heterocycles. The minimum absolute atomic E-state index is 0.0491. The van der Waals surface area contributed by atoms with Gasteiger partial charge in [-0.05, 0) is 56.1 Å². The summed E-state index contributed by atoms with van der Waals surface area (Å²) in [4.78, 5) is 15.0. The van der Waals surface area contributed by atoms with Crippen LogP contribution in [0.5, 0.6) is 0 Å². The average molecular weight is 337 g/mol. The van der Waals surface area contributed by atoms with E-state index in [1.54, 1.807) is 24.3 Å². The van der Waals surface area contributed by atoms with Crippen LogP contribution in [0.15, 0.2) is 60.2 Å². The number of Topliss-reactive ketones (excluding diaryl/α,β-unsaturated/α-hetero) is 1. The summed E-state index contributed by atoms with van der Waals surface area (Å²) in [7, 11) is 3.97. The van der Waals surface area contributed by atoms with E-state index in [9.17, 15) is 9.18 Å². The summed E-state index contributed by atoms with van der Waals surface area (Å²) in [6, 6.07) is 16.9. The Balaban J connectivity index is 1.95. The Morgan fingerprint density at radius 1 is 1.08 bits per heavy atom. The van der Waals surface area contributed by atoms with Gasteiger partial charge in [-0.3, -0.25) is 4.79 Å². The van der Waals surface area contributed by atoms with Crippen LogP contribution in [-0.4, -0.2) is 31.3 Å². The predicted octanol–water partition coefficient (Wildman–Crippen LogP) is 4.53. The van der Waals surface area contributed by atoms with E-state index >= 15 is 0 Å². The van der Waals surface area contributed by atoms with Gasteiger partial charge in [0.15, 0.2) is 5.78 Å². The molecule has 0 N–H and O–H groups in total. The second-order valence-corrected chi connectivity index (χ2v) is 7.06. The van der Waals surface area contributed by atoms with E-state index in [0.717, 1.165) is 18.5 Å². The van der Waals surface area contributed by atoms with Crippen molar-refractivity contribution >= 4 is 11.9 Å². The number of rotatable bonds is 4. The van der Waals surface area contributed by atoms with E-state index in [1.165, 1.54) is 11.6 Å². The highest BCUT2D eigenvalue weighted by atomic mass is 19.1. The first-order valence-corrected chi connectivity index (χ1v) is 8.73. The van der Waals surface area contributed by atoms with Crippen LogP contribution >= 0.6 is 0 Å². The molecule has 2 aromatic rings. The first-order chi connectivity index (χ1) is 12.0. The number of carbonyl (C=O) groups excluding carboxylic acids is 1. The molecule has 25 heavy (non-hydrogen) atoms. The molecule has 1 aliphatic rings. The van der Waals surface area contributed by atoms with Gasteiger partial charge in [0.1, 0.15) is 5.82 Å². The van der Waals surface area contributed by atoms with Crippen LogP contribution < -0.4 is 0 Å². The second-order valence-electron chi connectivity index (χ2n) is 7.06. The van der Waals surface area contributed by atoms with Crippen molar-refractivity contribution in [2.45, 2.75) is 18.8 Å². The number of carbonyl (C=O) groups is 1. The van der Waals surface area contributed by atoms with Crippen molar-refractivity contribution < 1.29 is 9.18 Å². The number of hydrogen-bond acceptors (Lipinski definition) is 2. The first kappa shape index (κ1) is 17.6. The zero-order chi connectivity index (χ0) is 17.8. The van der Waals surface area contributed by atoms with Crippen molar-refractivity contribution in [1.82, 2.24) is 4.90 Å². The van der Waals surface area contributed by atoms with Crippen molar-refractivity contribution in [3.63, 3.8) is 0 Å². The maximum Gasteiger partial charge on any atom is 0.163 e. The summed E-state index contributed by atoms with van der Waals surface area (Å²) in [6.45, 7) is 0.719. The molecule has 0 heterocycles. The molecule has 130 valence electrons. The maximum atomic E-state index is 14.0. The van der Waals surface area contributed by atoms with Gasteiger partial charge in [-0.15, -0.1) is 0 Å². The molecule has 0 amide bonds. The Morgan fingerprint density at radius 2 is 1.76 bits per heavy atom. The molecule has 0 saturated heterocycles. The van der Waals surface area contributed by atoms with Crippen LogP contribution in [0.3, 0.4) is 0 Å². The fraction of sp³-hybridized carbons (Fsp3) is 0.318. The van der Waals surface area contributed by atoms with Crippen molar-refractivity contribution in [1.29, 1.82) is 0 Å². The quantitative estimate of drug-likeness (QED) is 0.764. The molecule has 3 rings (SSSR count). The summed E-state index contributed by atoms with van der Waals surface area (Å²) in [5.74, 6) is 0.117. The lowest BCUT2D eigenvalue weighted by atomic mass is 9.74. The molecule has 0 aromatic heterocycles. The Hall–Kier alpha value is -2.26. The fourth-order valence-corrected chi connectivity index (χ4v) is 3.65. The number of nitrogens with zero attached hydrogens (tertiary/aromatic N) is 1. The Bertz CT molecular complexity index is 767. The summed E-state index contributed by atoms with van der Waals surface area (Å²) < 4.78 is 14.0. The largest absolute Gasteiger partial charge is 0.309 e. The minimum atomic E-state index is -0.284. The van der Waals surface area contributed by atoms with Gasteiger partial charge in [-0.1, -0.05) is 48.5 Å². The zero-order valence-corrected chi connectivity index (χ0v) is 14.8. The van der Waals surface area contributed by atoms with E-state index in [-0.39, 0.29) is 17.5 Å². The first-order valence-electron chi connectivity index (χ1n) is 8.73. The third-order valence-corrected chi connectivity index (χ3v) is 4.81. The van der Waals surface area contributed by atoms with E-state index in [0.29, 0.717) is 17.9 Å². The molecule has 2 atom stereocenters. The van der Waals surface area contributed by atoms with Gasteiger partial charge in [0.2, 0.25) is 0 Å². The molecule has 1 aliphatic carbocycles. The molecule has 1 fully saturated rings. The van der Waals surface area contributed by atoms with E-state index < -0.39 is 0 Å². The third-order valence-electron chi connectivity index (χ3n) is 4.81. The summed E-state index contributed by atoms with van der Waals surface area (Å²) in [5, 5.41) is 0. The molecular formula is C22H24FNO. The van der Waals surface area contributed by atoms with E-state index in [1.807, 2.05) is 32.3 Å². The molecule has 0 radical (unpaired) electrons. The third kappa shape index (κ3) is 4.23. The number of allylic oxidation sites excluding steroid dienone is 1. The number of hydrogen-bond donors (Lipinski definition) is 0. The molecular weight excluding hydrogens is 313 g/mol. The maximum absolute atomic E-state index is 14.0. The van der Waals surface area contributed by atoms with Crippen molar-refractivity contribution in [3.8, 4) is 0 Å². The van der Waals surface area contributed by atoms with E-state index in [2.05, 4.69) is 17.0 Å². The lowest BCUT2D eigenvalue weighted by Crippen LogP contribution is -2.34. The number of halogens is 1. The fourth-order valence-electron chi connectivity index (χ4n) is 3.65. The zero-order valence-electron chi connectivity index (χ0n) is 14.8. The molecule has 3 heteroatoms. The van der Waals surface area contributed by atoms with Gasteiger partial charge in [0.25, 0.3) is 0 Å². The lowest BCUT2D eigenvalue weighted by molar-refractivity contribution is -0.121. The van der Waals surface area contributed by atoms with Crippen LogP contribution in [0.4, 0.5) is 4.39 Å². The molecule has 2 unspecified atom stereocenters. The molecule has 2 aromatic carbocycles.